The largest absolute Gasteiger partial charge is 0.418 e. The normalized spacial score (nSPS) is 11.3. The Morgan fingerprint density at radius 2 is 1.77 bits per heavy atom. The molecule has 0 saturated heterocycles. The highest BCUT2D eigenvalue weighted by Crippen LogP contribution is 2.34. The van der Waals surface area contributed by atoms with Crippen LogP contribution in [0.2, 0.25) is 0 Å². The van der Waals surface area contributed by atoms with Gasteiger partial charge >= 0.3 is 6.18 Å². The summed E-state index contributed by atoms with van der Waals surface area (Å²) in [7, 11) is 0. The number of alkyl halides is 3. The van der Waals surface area contributed by atoms with Crippen LogP contribution >= 0.6 is 0 Å². The molecule has 1 heterocycles. The second-order valence-corrected chi connectivity index (χ2v) is 5.73. The first kappa shape index (κ1) is 19.7. The fourth-order valence-corrected chi connectivity index (χ4v) is 2.50. The molecule has 0 aliphatic rings. The van der Waals surface area contributed by atoms with E-state index in [1.165, 1.54) is 30.5 Å². The van der Waals surface area contributed by atoms with E-state index in [1.807, 2.05) is 18.7 Å². The lowest BCUT2D eigenvalue weighted by Gasteiger charge is -2.21. The molecule has 0 saturated carbocycles. The highest BCUT2D eigenvalue weighted by molar-refractivity contribution is 6.03. The number of carbonyl (C=O) groups excluding carboxylic acids is 1. The van der Waals surface area contributed by atoms with Gasteiger partial charge in [-0.2, -0.15) is 13.2 Å². The summed E-state index contributed by atoms with van der Waals surface area (Å²) in [6, 6.07) is 6.22. The summed E-state index contributed by atoms with van der Waals surface area (Å²) in [4.78, 5) is 22.7. The van der Waals surface area contributed by atoms with Crippen molar-refractivity contribution in [2.45, 2.75) is 32.9 Å². The lowest BCUT2D eigenvalue weighted by molar-refractivity contribution is -0.136. The number of hydrogen-bond acceptors (Lipinski definition) is 4. The number of amides is 1. The van der Waals surface area contributed by atoms with Gasteiger partial charge in [-0.05, 0) is 31.0 Å². The monoisotopic (exact) mass is 366 g/mol. The van der Waals surface area contributed by atoms with Crippen LogP contribution in [0.3, 0.4) is 0 Å². The minimum absolute atomic E-state index is 0.0178. The van der Waals surface area contributed by atoms with Crippen LogP contribution in [-0.2, 0) is 6.18 Å². The van der Waals surface area contributed by atoms with E-state index < -0.39 is 17.6 Å². The number of nitrogens with zero attached hydrogens (tertiary/aromatic N) is 3. The molecule has 140 valence electrons. The zero-order valence-electron chi connectivity index (χ0n) is 14.7. The number of rotatable bonds is 7. The van der Waals surface area contributed by atoms with Crippen LogP contribution < -0.4 is 10.2 Å². The van der Waals surface area contributed by atoms with Crippen molar-refractivity contribution in [3.05, 3.63) is 47.8 Å². The molecular formula is C18H21F3N4O. The van der Waals surface area contributed by atoms with E-state index in [4.69, 9.17) is 0 Å². The molecule has 1 amide bonds. The maximum atomic E-state index is 13.1. The Labute approximate surface area is 150 Å². The summed E-state index contributed by atoms with van der Waals surface area (Å²) in [6.45, 7) is 5.51. The van der Waals surface area contributed by atoms with Crippen LogP contribution in [0.25, 0.3) is 0 Å². The van der Waals surface area contributed by atoms with Gasteiger partial charge in [-0.25, -0.2) is 9.97 Å². The quantitative estimate of drug-likeness (QED) is 0.790. The molecule has 0 bridgehead atoms. The van der Waals surface area contributed by atoms with Gasteiger partial charge in [0.1, 0.15) is 5.69 Å². The first-order valence-electron chi connectivity index (χ1n) is 8.42. The third-order valence-electron chi connectivity index (χ3n) is 3.63. The summed E-state index contributed by atoms with van der Waals surface area (Å²) in [5, 5.41) is 2.30. The minimum atomic E-state index is -4.56. The highest BCUT2D eigenvalue weighted by atomic mass is 19.4. The number of nitrogens with one attached hydrogen (secondary N) is 1. The summed E-state index contributed by atoms with van der Waals surface area (Å²) in [6.07, 6.45) is -1.34. The summed E-state index contributed by atoms with van der Waals surface area (Å²) >= 11 is 0. The van der Waals surface area contributed by atoms with Gasteiger partial charge in [0.2, 0.25) is 5.95 Å². The first-order chi connectivity index (χ1) is 12.4. The van der Waals surface area contributed by atoms with Gasteiger partial charge in [0.25, 0.3) is 5.91 Å². The zero-order valence-corrected chi connectivity index (χ0v) is 14.7. The van der Waals surface area contributed by atoms with E-state index >= 15 is 0 Å². The van der Waals surface area contributed by atoms with Crippen LogP contribution in [0.1, 0.15) is 42.7 Å². The zero-order chi connectivity index (χ0) is 19.2. The smallest absolute Gasteiger partial charge is 0.341 e. The van der Waals surface area contributed by atoms with E-state index in [9.17, 15) is 18.0 Å². The third kappa shape index (κ3) is 4.93. The Morgan fingerprint density at radius 1 is 1.12 bits per heavy atom. The van der Waals surface area contributed by atoms with Crippen LogP contribution in [0.5, 0.6) is 0 Å². The van der Waals surface area contributed by atoms with E-state index in [1.54, 1.807) is 0 Å². The van der Waals surface area contributed by atoms with Gasteiger partial charge < -0.3 is 10.2 Å². The van der Waals surface area contributed by atoms with Crippen molar-refractivity contribution in [1.29, 1.82) is 0 Å². The van der Waals surface area contributed by atoms with Crippen molar-refractivity contribution >= 4 is 17.5 Å². The van der Waals surface area contributed by atoms with Crippen LogP contribution in [0.4, 0.5) is 24.8 Å². The average molecular weight is 366 g/mol. The van der Waals surface area contributed by atoms with Crippen LogP contribution in [0, 0.1) is 0 Å². The maximum absolute atomic E-state index is 13.1. The topological polar surface area (TPSA) is 58.1 Å². The molecule has 1 aromatic carbocycles. The number of anilines is 2. The molecule has 26 heavy (non-hydrogen) atoms. The van der Waals surface area contributed by atoms with Gasteiger partial charge in [0.15, 0.2) is 0 Å². The Hall–Kier alpha value is -2.64. The van der Waals surface area contributed by atoms with Crippen LogP contribution in [-0.4, -0.2) is 29.0 Å². The van der Waals surface area contributed by atoms with Crippen LogP contribution in [0.15, 0.2) is 36.5 Å². The fourth-order valence-electron chi connectivity index (χ4n) is 2.50. The highest BCUT2D eigenvalue weighted by Gasteiger charge is 2.33. The average Bonchev–Trinajstić information content (AvgIpc) is 2.61. The lowest BCUT2D eigenvalue weighted by Crippen LogP contribution is -2.28. The predicted molar refractivity (Wildman–Crippen MR) is 94.2 cm³/mol. The predicted octanol–water partition coefficient (Wildman–Crippen LogP) is 4.37. The van der Waals surface area contributed by atoms with E-state index in [0.29, 0.717) is 5.95 Å². The molecule has 5 nitrogen and oxygen atoms in total. The summed E-state index contributed by atoms with van der Waals surface area (Å²) in [5.74, 6) is -0.316. The van der Waals surface area contributed by atoms with Gasteiger partial charge in [0, 0.05) is 19.3 Å². The Morgan fingerprint density at radius 3 is 2.38 bits per heavy atom. The molecule has 8 heteroatoms. The Bertz CT molecular complexity index is 743. The standard InChI is InChI=1S/C18H21F3N4O/c1-3-11-25(12-4-2)17-22-10-9-15(24-17)16(26)23-14-8-6-5-7-13(14)18(19,20)21/h5-10H,3-4,11-12H2,1-2H3,(H,23,26). The molecule has 0 fully saturated rings. The van der Waals surface area contributed by atoms with E-state index in [0.717, 1.165) is 32.0 Å². The van der Waals surface area contributed by atoms with Crippen molar-refractivity contribution in [3.63, 3.8) is 0 Å². The molecular weight excluding hydrogens is 345 g/mol. The fraction of sp³-hybridized carbons (Fsp3) is 0.389. The number of benzene rings is 1. The molecule has 0 radical (unpaired) electrons. The Kier molecular flexibility index (Phi) is 6.54. The minimum Gasteiger partial charge on any atom is -0.341 e. The number of carbonyl (C=O) groups is 1. The van der Waals surface area contributed by atoms with E-state index in [-0.39, 0.29) is 11.4 Å². The third-order valence-corrected chi connectivity index (χ3v) is 3.63. The number of halogens is 3. The first-order valence-corrected chi connectivity index (χ1v) is 8.42. The van der Waals surface area contributed by atoms with Gasteiger partial charge in [-0.3, -0.25) is 4.79 Å². The molecule has 0 unspecified atom stereocenters. The summed E-state index contributed by atoms with van der Waals surface area (Å²) < 4.78 is 39.2. The number of para-hydroxylation sites is 1. The SMILES string of the molecule is CCCN(CCC)c1nccc(C(=O)Nc2ccccc2C(F)(F)F)n1. The molecule has 2 aromatic rings. The van der Waals surface area contributed by atoms with Crippen molar-refractivity contribution in [2.75, 3.05) is 23.3 Å². The molecule has 2 rings (SSSR count). The van der Waals surface area contributed by atoms with Gasteiger partial charge in [0.05, 0.1) is 11.3 Å². The second kappa shape index (κ2) is 8.64. The summed E-state index contributed by atoms with van der Waals surface area (Å²) in [5.41, 5.74) is -1.19. The molecule has 0 spiro atoms. The maximum Gasteiger partial charge on any atom is 0.418 e. The van der Waals surface area contributed by atoms with Crippen molar-refractivity contribution in [3.8, 4) is 0 Å². The van der Waals surface area contributed by atoms with Gasteiger partial charge in [-0.1, -0.05) is 26.0 Å². The van der Waals surface area contributed by atoms with Gasteiger partial charge in [-0.15, -0.1) is 0 Å². The van der Waals surface area contributed by atoms with Crippen molar-refractivity contribution in [2.24, 2.45) is 0 Å². The molecule has 1 aromatic heterocycles. The molecule has 0 aliphatic carbocycles. The Balaban J connectivity index is 2.25. The number of hydrogen-bond donors (Lipinski definition) is 1. The van der Waals surface area contributed by atoms with E-state index in [2.05, 4.69) is 15.3 Å². The molecule has 1 N–H and O–H groups in total. The second-order valence-electron chi connectivity index (χ2n) is 5.73. The van der Waals surface area contributed by atoms with Crippen molar-refractivity contribution < 1.29 is 18.0 Å². The molecule has 0 aliphatic heterocycles. The molecule has 0 atom stereocenters. The lowest BCUT2D eigenvalue weighted by atomic mass is 10.1. The number of aromatic nitrogens is 2. The van der Waals surface area contributed by atoms with Crippen molar-refractivity contribution in [1.82, 2.24) is 9.97 Å².